The van der Waals surface area contributed by atoms with E-state index in [-0.39, 0.29) is 28.6 Å². The summed E-state index contributed by atoms with van der Waals surface area (Å²) in [6.07, 6.45) is 11.1. The minimum atomic E-state index is -0.614. The summed E-state index contributed by atoms with van der Waals surface area (Å²) in [6, 6.07) is 9.70. The number of aromatic amines is 2. The second-order valence-electron chi connectivity index (χ2n) is 10.2. The zero-order chi connectivity index (χ0) is 27.9. The number of nitrogens with one attached hydrogen (secondary N) is 3. The number of carbonyl (C=O) groups is 1. The molecule has 1 aliphatic carbocycles. The SMILES string of the molecule is O=C(Nc1cncc(-c2ncc3[nH]nc(-c4nc5c(-c6ccccc6F)nccc5[nH]4)c3c2F)c1)C1CCCCC1. The van der Waals surface area contributed by atoms with Gasteiger partial charge in [-0.1, -0.05) is 31.4 Å². The number of hydrogen-bond donors (Lipinski definition) is 3. The summed E-state index contributed by atoms with van der Waals surface area (Å²) >= 11 is 0. The Labute approximate surface area is 232 Å². The highest BCUT2D eigenvalue weighted by atomic mass is 19.1. The third kappa shape index (κ3) is 4.48. The topological polar surface area (TPSA) is 125 Å². The largest absolute Gasteiger partial charge is 0.336 e. The molecule has 1 aromatic carbocycles. The molecule has 9 nitrogen and oxygen atoms in total. The summed E-state index contributed by atoms with van der Waals surface area (Å²) in [7, 11) is 0. The Bertz CT molecular complexity index is 1930. The molecule has 0 spiro atoms. The van der Waals surface area contributed by atoms with Crippen LogP contribution in [-0.4, -0.2) is 41.0 Å². The number of hydrogen-bond acceptors (Lipinski definition) is 6. The van der Waals surface area contributed by atoms with Gasteiger partial charge in [-0.2, -0.15) is 5.10 Å². The predicted octanol–water partition coefficient (Wildman–Crippen LogP) is 6.42. The van der Waals surface area contributed by atoms with Crippen molar-refractivity contribution in [2.24, 2.45) is 5.92 Å². The molecule has 0 aliphatic heterocycles. The van der Waals surface area contributed by atoms with E-state index in [4.69, 9.17) is 0 Å². The lowest BCUT2D eigenvalue weighted by Gasteiger charge is -2.20. The minimum Gasteiger partial charge on any atom is -0.336 e. The Hall–Kier alpha value is -5.06. The molecular formula is C30H24F2N8O. The van der Waals surface area contributed by atoms with Crippen LogP contribution in [-0.2, 0) is 4.79 Å². The number of carbonyl (C=O) groups excluding carboxylic acids is 1. The average Bonchev–Trinajstić information content (AvgIpc) is 3.63. The first-order valence-corrected chi connectivity index (χ1v) is 13.5. The fraction of sp³-hybridized carbons (Fsp3) is 0.200. The van der Waals surface area contributed by atoms with Gasteiger partial charge in [0.1, 0.15) is 28.4 Å². The van der Waals surface area contributed by atoms with E-state index in [1.807, 2.05) is 0 Å². The zero-order valence-electron chi connectivity index (χ0n) is 21.8. The van der Waals surface area contributed by atoms with Gasteiger partial charge in [-0.25, -0.2) is 13.8 Å². The smallest absolute Gasteiger partial charge is 0.227 e. The van der Waals surface area contributed by atoms with Gasteiger partial charge in [-0.05, 0) is 37.1 Å². The molecule has 0 atom stereocenters. The predicted molar refractivity (Wildman–Crippen MR) is 151 cm³/mol. The van der Waals surface area contributed by atoms with Crippen molar-refractivity contribution in [2.45, 2.75) is 32.1 Å². The summed E-state index contributed by atoms with van der Waals surface area (Å²) in [6.45, 7) is 0. The van der Waals surface area contributed by atoms with Crippen molar-refractivity contribution >= 4 is 33.5 Å². The Morgan fingerprint density at radius 1 is 0.927 bits per heavy atom. The van der Waals surface area contributed by atoms with Crippen molar-refractivity contribution in [2.75, 3.05) is 5.32 Å². The fourth-order valence-corrected chi connectivity index (χ4v) is 5.49. The van der Waals surface area contributed by atoms with Crippen molar-refractivity contribution in [3.8, 4) is 34.0 Å². The van der Waals surface area contributed by atoms with Crippen molar-refractivity contribution in [1.29, 1.82) is 0 Å². The molecule has 5 heterocycles. The lowest BCUT2D eigenvalue weighted by molar-refractivity contribution is -0.120. The number of amides is 1. The molecule has 0 bridgehead atoms. The Morgan fingerprint density at radius 3 is 2.63 bits per heavy atom. The van der Waals surface area contributed by atoms with Gasteiger partial charge in [0, 0.05) is 29.4 Å². The maximum atomic E-state index is 16.1. The van der Waals surface area contributed by atoms with Crippen LogP contribution in [0.4, 0.5) is 14.5 Å². The van der Waals surface area contributed by atoms with Gasteiger partial charge in [0.15, 0.2) is 11.6 Å². The first-order chi connectivity index (χ1) is 20.1. The standard InChI is InChI=1S/C30H24F2N8O/c31-20-9-5-4-8-19(20)26-27-21(10-11-34-26)37-29(38-27)28-23-22(39-40-28)15-35-25(24(23)32)17-12-18(14-33-13-17)36-30(41)16-6-2-1-3-7-16/h4-5,8-16H,1-3,6-7H2,(H,36,41)(H,37,38)(H,39,40). The molecule has 0 unspecified atom stereocenters. The van der Waals surface area contributed by atoms with E-state index >= 15 is 4.39 Å². The zero-order valence-corrected chi connectivity index (χ0v) is 21.8. The molecule has 7 rings (SSSR count). The quantitative estimate of drug-likeness (QED) is 0.227. The number of H-pyrrole nitrogens is 2. The summed E-state index contributed by atoms with van der Waals surface area (Å²) in [5.74, 6) is -0.810. The summed E-state index contributed by atoms with van der Waals surface area (Å²) in [5, 5.41) is 10.3. The highest BCUT2D eigenvalue weighted by Gasteiger charge is 2.24. The molecule has 1 fully saturated rings. The van der Waals surface area contributed by atoms with Crippen LogP contribution < -0.4 is 5.32 Å². The second-order valence-corrected chi connectivity index (χ2v) is 10.2. The van der Waals surface area contributed by atoms with Gasteiger partial charge >= 0.3 is 0 Å². The number of fused-ring (bicyclic) bond motifs is 2. The average molecular weight is 551 g/mol. The van der Waals surface area contributed by atoms with Gasteiger partial charge in [0.05, 0.1) is 34.5 Å². The minimum absolute atomic E-state index is 0.0231. The lowest BCUT2D eigenvalue weighted by Crippen LogP contribution is -2.24. The number of pyridine rings is 3. The molecule has 204 valence electrons. The Balaban J connectivity index is 1.27. The number of benzene rings is 1. The molecule has 1 amide bonds. The first kappa shape index (κ1) is 24.9. The normalized spacial score (nSPS) is 14.1. The molecule has 6 aromatic rings. The monoisotopic (exact) mass is 550 g/mol. The number of imidazole rings is 1. The van der Waals surface area contributed by atoms with Crippen LogP contribution in [0.2, 0.25) is 0 Å². The summed E-state index contributed by atoms with van der Waals surface area (Å²) in [4.78, 5) is 33.5. The van der Waals surface area contributed by atoms with Crippen molar-refractivity contribution in [3.05, 3.63) is 72.8 Å². The van der Waals surface area contributed by atoms with Crippen LogP contribution in [0.15, 0.2) is 61.2 Å². The van der Waals surface area contributed by atoms with E-state index in [0.717, 1.165) is 32.1 Å². The van der Waals surface area contributed by atoms with Crippen LogP contribution in [0, 0.1) is 17.6 Å². The number of halogens is 2. The van der Waals surface area contributed by atoms with E-state index < -0.39 is 11.6 Å². The van der Waals surface area contributed by atoms with Gasteiger partial charge in [-0.15, -0.1) is 0 Å². The van der Waals surface area contributed by atoms with E-state index in [9.17, 15) is 9.18 Å². The summed E-state index contributed by atoms with van der Waals surface area (Å²) in [5.41, 5.74) is 3.29. The molecule has 0 radical (unpaired) electrons. The van der Waals surface area contributed by atoms with Gasteiger partial charge in [-0.3, -0.25) is 24.8 Å². The number of nitrogens with zero attached hydrogens (tertiary/aromatic N) is 5. The van der Waals surface area contributed by atoms with Crippen molar-refractivity contribution < 1.29 is 13.6 Å². The molecule has 0 saturated heterocycles. The lowest BCUT2D eigenvalue weighted by atomic mass is 9.88. The van der Waals surface area contributed by atoms with Gasteiger partial charge in [0.25, 0.3) is 0 Å². The number of aromatic nitrogens is 7. The molecule has 1 saturated carbocycles. The third-order valence-electron chi connectivity index (χ3n) is 7.55. The molecular weight excluding hydrogens is 526 g/mol. The molecule has 3 N–H and O–H groups in total. The van der Waals surface area contributed by atoms with Crippen LogP contribution in [0.1, 0.15) is 32.1 Å². The Morgan fingerprint density at radius 2 is 1.78 bits per heavy atom. The molecule has 11 heteroatoms. The molecule has 41 heavy (non-hydrogen) atoms. The van der Waals surface area contributed by atoms with Gasteiger partial charge in [0.2, 0.25) is 5.91 Å². The van der Waals surface area contributed by atoms with Crippen LogP contribution in [0.5, 0.6) is 0 Å². The van der Waals surface area contributed by atoms with E-state index in [2.05, 4.69) is 40.4 Å². The van der Waals surface area contributed by atoms with Crippen LogP contribution in [0.3, 0.4) is 0 Å². The van der Waals surface area contributed by atoms with Gasteiger partial charge < -0.3 is 10.3 Å². The number of anilines is 1. The van der Waals surface area contributed by atoms with E-state index in [1.54, 1.807) is 42.7 Å². The van der Waals surface area contributed by atoms with Crippen molar-refractivity contribution in [3.63, 3.8) is 0 Å². The maximum Gasteiger partial charge on any atom is 0.227 e. The second kappa shape index (κ2) is 10.2. The molecule has 1 aliphatic rings. The van der Waals surface area contributed by atoms with Crippen LogP contribution in [0.25, 0.3) is 56.0 Å². The van der Waals surface area contributed by atoms with Crippen molar-refractivity contribution in [1.82, 2.24) is 35.1 Å². The maximum absolute atomic E-state index is 16.1. The molecule has 5 aromatic heterocycles. The summed E-state index contributed by atoms with van der Waals surface area (Å²) < 4.78 is 30.7. The first-order valence-electron chi connectivity index (χ1n) is 13.5. The third-order valence-corrected chi connectivity index (χ3v) is 7.55. The van der Waals surface area contributed by atoms with Crippen LogP contribution >= 0.6 is 0 Å². The van der Waals surface area contributed by atoms with E-state index in [1.165, 1.54) is 18.5 Å². The fourth-order valence-electron chi connectivity index (χ4n) is 5.49. The number of rotatable bonds is 5. The Kier molecular flexibility index (Phi) is 6.18. The van der Waals surface area contributed by atoms with E-state index in [0.29, 0.717) is 44.9 Å². The highest BCUT2D eigenvalue weighted by molar-refractivity contribution is 5.98. The highest BCUT2D eigenvalue weighted by Crippen LogP contribution is 2.35.